The van der Waals surface area contributed by atoms with Crippen LogP contribution in [0.5, 0.6) is 11.5 Å². The first-order valence-electron chi connectivity index (χ1n) is 12.7. The lowest BCUT2D eigenvalue weighted by molar-refractivity contribution is -0.141. The summed E-state index contributed by atoms with van der Waals surface area (Å²) in [5.74, 6) is 1.42. The van der Waals surface area contributed by atoms with Crippen LogP contribution in [0.1, 0.15) is 51.4 Å². The van der Waals surface area contributed by atoms with E-state index in [4.69, 9.17) is 9.47 Å². The summed E-state index contributed by atoms with van der Waals surface area (Å²) in [4.78, 5) is 22.4. The number of methoxy groups -OCH3 is 2. The highest BCUT2D eigenvalue weighted by molar-refractivity contribution is 6.23. The van der Waals surface area contributed by atoms with Crippen molar-refractivity contribution in [1.29, 1.82) is 0 Å². The SMILES string of the molecule is COC(=O)CCCCCOc1cc2ccc3cc(OCCCCCC(=O)OC)cc4ccc(c1)c2c34. The van der Waals surface area contributed by atoms with E-state index in [1.54, 1.807) is 0 Å². The summed E-state index contributed by atoms with van der Waals surface area (Å²) < 4.78 is 21.4. The van der Waals surface area contributed by atoms with Gasteiger partial charge in [0, 0.05) is 12.8 Å². The molecule has 0 fully saturated rings. The molecule has 0 aliphatic carbocycles. The Hall–Kier alpha value is -3.54. The van der Waals surface area contributed by atoms with E-state index in [9.17, 15) is 9.59 Å². The lowest BCUT2D eigenvalue weighted by Gasteiger charge is -2.15. The fraction of sp³-hybridized carbons (Fsp3) is 0.400. The molecule has 4 aromatic carbocycles. The van der Waals surface area contributed by atoms with Crippen LogP contribution in [0.15, 0.2) is 48.5 Å². The summed E-state index contributed by atoms with van der Waals surface area (Å²) in [6.45, 7) is 1.25. The first kappa shape index (κ1) is 25.5. The normalized spacial score (nSPS) is 11.3. The standard InChI is InChI=1S/C30H34O6/c1-33-27(31)9-5-3-7-15-35-25-17-21-11-13-23-19-26(36-16-8-4-6-10-28(32)34-2)20-24-14-12-22(18-25)29(21)30(23)24/h11-14,17-20H,3-10,15-16H2,1-2H3. The summed E-state index contributed by atoms with van der Waals surface area (Å²) in [7, 11) is 2.84. The Balaban J connectivity index is 1.38. The Morgan fingerprint density at radius 1 is 0.556 bits per heavy atom. The quantitative estimate of drug-likeness (QED) is 0.110. The number of ether oxygens (including phenoxy) is 4. The molecule has 0 unspecified atom stereocenters. The van der Waals surface area contributed by atoms with Crippen LogP contribution < -0.4 is 9.47 Å². The van der Waals surface area contributed by atoms with E-state index in [1.807, 2.05) is 0 Å². The molecule has 0 N–H and O–H groups in total. The molecular weight excluding hydrogens is 456 g/mol. The fourth-order valence-electron chi connectivity index (χ4n) is 4.63. The highest BCUT2D eigenvalue weighted by Crippen LogP contribution is 2.38. The number of benzene rings is 4. The van der Waals surface area contributed by atoms with Crippen molar-refractivity contribution in [3.8, 4) is 11.5 Å². The molecule has 0 aromatic heterocycles. The molecule has 0 aliphatic heterocycles. The van der Waals surface area contributed by atoms with Crippen LogP contribution in [0.2, 0.25) is 0 Å². The second kappa shape index (κ2) is 12.4. The van der Waals surface area contributed by atoms with Gasteiger partial charge in [0.15, 0.2) is 0 Å². The third kappa shape index (κ3) is 6.36. The minimum absolute atomic E-state index is 0.158. The topological polar surface area (TPSA) is 71.1 Å². The van der Waals surface area contributed by atoms with Crippen molar-refractivity contribution < 1.29 is 28.5 Å². The van der Waals surface area contributed by atoms with Crippen LogP contribution in [0.25, 0.3) is 32.3 Å². The van der Waals surface area contributed by atoms with E-state index in [1.165, 1.54) is 25.0 Å². The molecule has 0 saturated heterocycles. The zero-order valence-corrected chi connectivity index (χ0v) is 21.1. The van der Waals surface area contributed by atoms with E-state index in [-0.39, 0.29) is 11.9 Å². The average molecular weight is 491 g/mol. The first-order valence-corrected chi connectivity index (χ1v) is 12.7. The molecule has 0 saturated carbocycles. The zero-order valence-electron chi connectivity index (χ0n) is 21.1. The van der Waals surface area contributed by atoms with Crippen LogP contribution in [0, 0.1) is 0 Å². The van der Waals surface area contributed by atoms with E-state index < -0.39 is 0 Å². The van der Waals surface area contributed by atoms with Gasteiger partial charge in [-0.05, 0) is 95.1 Å². The lowest BCUT2D eigenvalue weighted by atomic mass is 9.94. The Kier molecular flexibility index (Phi) is 8.82. The fourth-order valence-corrected chi connectivity index (χ4v) is 4.63. The number of unbranched alkanes of at least 4 members (excludes halogenated alkanes) is 4. The van der Waals surface area contributed by atoms with Gasteiger partial charge in [-0.25, -0.2) is 0 Å². The van der Waals surface area contributed by atoms with Crippen molar-refractivity contribution in [3.05, 3.63) is 48.5 Å². The first-order chi connectivity index (χ1) is 17.6. The summed E-state index contributed by atoms with van der Waals surface area (Å²) in [6, 6.07) is 17.0. The molecule has 0 radical (unpaired) electrons. The average Bonchev–Trinajstić information content (AvgIpc) is 2.90. The van der Waals surface area contributed by atoms with Gasteiger partial charge in [0.05, 0.1) is 27.4 Å². The minimum atomic E-state index is -0.158. The predicted octanol–water partition coefficient (Wildman–Crippen LogP) is 6.81. The molecule has 0 heterocycles. The number of hydrogen-bond donors (Lipinski definition) is 0. The van der Waals surface area contributed by atoms with Crippen molar-refractivity contribution in [3.63, 3.8) is 0 Å². The molecule has 6 heteroatoms. The smallest absolute Gasteiger partial charge is 0.305 e. The Morgan fingerprint density at radius 2 is 0.917 bits per heavy atom. The maximum absolute atomic E-state index is 11.2. The van der Waals surface area contributed by atoms with Crippen molar-refractivity contribution in [2.24, 2.45) is 0 Å². The molecule has 190 valence electrons. The van der Waals surface area contributed by atoms with Gasteiger partial charge in [-0.2, -0.15) is 0 Å². The van der Waals surface area contributed by atoms with Crippen LogP contribution in [0.4, 0.5) is 0 Å². The predicted molar refractivity (Wildman–Crippen MR) is 142 cm³/mol. The molecule has 36 heavy (non-hydrogen) atoms. The molecule has 0 amide bonds. The van der Waals surface area contributed by atoms with E-state index >= 15 is 0 Å². The zero-order chi connectivity index (χ0) is 25.3. The number of esters is 2. The second-order valence-corrected chi connectivity index (χ2v) is 9.09. The maximum Gasteiger partial charge on any atom is 0.305 e. The van der Waals surface area contributed by atoms with Crippen molar-refractivity contribution in [1.82, 2.24) is 0 Å². The number of hydrogen-bond acceptors (Lipinski definition) is 6. The van der Waals surface area contributed by atoms with Crippen LogP contribution >= 0.6 is 0 Å². The molecule has 4 rings (SSSR count). The van der Waals surface area contributed by atoms with Crippen LogP contribution in [-0.4, -0.2) is 39.4 Å². The van der Waals surface area contributed by atoms with Gasteiger partial charge >= 0.3 is 11.9 Å². The molecule has 4 aromatic rings. The summed E-state index contributed by atoms with van der Waals surface area (Å²) in [5.41, 5.74) is 0. The van der Waals surface area contributed by atoms with E-state index in [0.717, 1.165) is 71.6 Å². The lowest BCUT2D eigenvalue weighted by Crippen LogP contribution is -2.01. The van der Waals surface area contributed by atoms with Crippen molar-refractivity contribution in [2.45, 2.75) is 51.4 Å². The summed E-state index contributed by atoms with van der Waals surface area (Å²) in [5, 5.41) is 7.11. The Labute approximate surface area is 211 Å². The summed E-state index contributed by atoms with van der Waals surface area (Å²) >= 11 is 0. The molecular formula is C30H34O6. The molecule has 0 bridgehead atoms. The molecule has 6 nitrogen and oxygen atoms in total. The van der Waals surface area contributed by atoms with Gasteiger partial charge in [-0.1, -0.05) is 24.3 Å². The van der Waals surface area contributed by atoms with E-state index in [2.05, 4.69) is 58.0 Å². The highest BCUT2D eigenvalue weighted by atomic mass is 16.5. The minimum Gasteiger partial charge on any atom is -0.494 e. The summed E-state index contributed by atoms with van der Waals surface area (Å²) in [6.07, 6.45) is 6.21. The van der Waals surface area contributed by atoms with Gasteiger partial charge < -0.3 is 18.9 Å². The van der Waals surface area contributed by atoms with Gasteiger partial charge in [0.25, 0.3) is 0 Å². The third-order valence-corrected chi connectivity index (χ3v) is 6.52. The maximum atomic E-state index is 11.2. The monoisotopic (exact) mass is 490 g/mol. The Morgan fingerprint density at radius 3 is 1.25 bits per heavy atom. The molecule has 0 aliphatic rings. The van der Waals surface area contributed by atoms with Crippen molar-refractivity contribution >= 4 is 44.3 Å². The Bertz CT molecular complexity index is 1140. The number of rotatable bonds is 14. The largest absolute Gasteiger partial charge is 0.494 e. The van der Waals surface area contributed by atoms with E-state index in [0.29, 0.717) is 26.1 Å². The van der Waals surface area contributed by atoms with Gasteiger partial charge in [0.1, 0.15) is 11.5 Å². The van der Waals surface area contributed by atoms with Crippen LogP contribution in [0.3, 0.4) is 0 Å². The van der Waals surface area contributed by atoms with Crippen LogP contribution in [-0.2, 0) is 19.1 Å². The molecule has 0 atom stereocenters. The highest BCUT2D eigenvalue weighted by Gasteiger charge is 2.12. The second-order valence-electron chi connectivity index (χ2n) is 9.09. The van der Waals surface area contributed by atoms with Gasteiger partial charge in [0.2, 0.25) is 0 Å². The number of carbonyl (C=O) groups excluding carboxylic acids is 2. The number of carbonyl (C=O) groups is 2. The molecule has 0 spiro atoms. The van der Waals surface area contributed by atoms with Gasteiger partial charge in [-0.15, -0.1) is 0 Å². The van der Waals surface area contributed by atoms with Gasteiger partial charge in [-0.3, -0.25) is 9.59 Å². The third-order valence-electron chi connectivity index (χ3n) is 6.52. The van der Waals surface area contributed by atoms with Crippen molar-refractivity contribution in [2.75, 3.05) is 27.4 Å².